The van der Waals surface area contributed by atoms with Gasteiger partial charge >= 0.3 is 0 Å². The molecule has 0 bridgehead atoms. The molecular weight excluding hydrogens is 272 g/mol. The normalized spacial score (nSPS) is 18.7. The van der Waals surface area contributed by atoms with E-state index in [1.807, 2.05) is 24.0 Å². The van der Waals surface area contributed by atoms with Gasteiger partial charge in [-0.15, -0.1) is 0 Å². The number of aromatic nitrogens is 1. The molecule has 3 rings (SSSR count). The van der Waals surface area contributed by atoms with Crippen molar-refractivity contribution in [1.29, 1.82) is 0 Å². The number of fused-ring (bicyclic) bond motifs is 1. The first-order valence-electron chi connectivity index (χ1n) is 8.14. The SMILES string of the molecule is Cc1cc(C(=O)N2CCCC(C)C2)c2ccc(C)c(C)c2n1. The lowest BCUT2D eigenvalue weighted by Crippen LogP contribution is -2.39. The molecule has 1 unspecified atom stereocenters. The molecule has 0 N–H and O–H groups in total. The van der Waals surface area contributed by atoms with Crippen LogP contribution in [0.15, 0.2) is 18.2 Å². The predicted octanol–water partition coefficient (Wildman–Crippen LogP) is 4.03. The van der Waals surface area contributed by atoms with E-state index < -0.39 is 0 Å². The largest absolute Gasteiger partial charge is 0.338 e. The highest BCUT2D eigenvalue weighted by molar-refractivity contribution is 6.07. The summed E-state index contributed by atoms with van der Waals surface area (Å²) in [4.78, 5) is 19.7. The van der Waals surface area contributed by atoms with E-state index in [9.17, 15) is 4.79 Å². The summed E-state index contributed by atoms with van der Waals surface area (Å²) in [6, 6.07) is 6.08. The Bertz CT molecular complexity index is 736. The van der Waals surface area contributed by atoms with Crippen molar-refractivity contribution >= 4 is 16.8 Å². The average Bonchev–Trinajstić information content (AvgIpc) is 2.50. The molecule has 1 aliphatic heterocycles. The first-order valence-corrected chi connectivity index (χ1v) is 8.14. The van der Waals surface area contributed by atoms with Gasteiger partial charge in [0.2, 0.25) is 0 Å². The molecule has 1 amide bonds. The number of likely N-dealkylation sites (tertiary alicyclic amines) is 1. The van der Waals surface area contributed by atoms with Crippen molar-refractivity contribution < 1.29 is 4.79 Å². The van der Waals surface area contributed by atoms with Gasteiger partial charge in [0.1, 0.15) is 0 Å². The van der Waals surface area contributed by atoms with Gasteiger partial charge in [-0.25, -0.2) is 0 Å². The van der Waals surface area contributed by atoms with Gasteiger partial charge in [0.05, 0.1) is 11.1 Å². The molecule has 22 heavy (non-hydrogen) atoms. The zero-order valence-electron chi connectivity index (χ0n) is 13.9. The second-order valence-corrected chi connectivity index (χ2v) is 6.71. The van der Waals surface area contributed by atoms with E-state index in [1.54, 1.807) is 0 Å². The van der Waals surface area contributed by atoms with E-state index in [1.165, 1.54) is 17.5 Å². The summed E-state index contributed by atoms with van der Waals surface area (Å²) < 4.78 is 0. The standard InChI is InChI=1S/C19H24N2O/c1-12-6-5-9-21(11-12)19(22)17-10-14(3)20-18-15(4)13(2)7-8-16(17)18/h7-8,10,12H,5-6,9,11H2,1-4H3. The topological polar surface area (TPSA) is 33.2 Å². The van der Waals surface area contributed by atoms with Crippen molar-refractivity contribution in [2.45, 2.75) is 40.5 Å². The average molecular weight is 296 g/mol. The Kier molecular flexibility index (Phi) is 3.90. The van der Waals surface area contributed by atoms with Crippen LogP contribution in [-0.4, -0.2) is 28.9 Å². The molecule has 1 atom stereocenters. The number of pyridine rings is 1. The summed E-state index contributed by atoms with van der Waals surface area (Å²) in [6.45, 7) is 10.1. The van der Waals surface area contributed by atoms with E-state index in [0.717, 1.165) is 41.7 Å². The van der Waals surface area contributed by atoms with E-state index in [4.69, 9.17) is 0 Å². The molecule has 1 saturated heterocycles. The molecular formula is C19H24N2O. The van der Waals surface area contributed by atoms with Crippen LogP contribution in [0.2, 0.25) is 0 Å². The maximum absolute atomic E-state index is 13.0. The number of carbonyl (C=O) groups is 1. The molecule has 0 aliphatic carbocycles. The van der Waals surface area contributed by atoms with E-state index in [2.05, 4.69) is 31.8 Å². The third-order valence-corrected chi connectivity index (χ3v) is 4.81. The maximum Gasteiger partial charge on any atom is 0.254 e. The Morgan fingerprint density at radius 3 is 2.77 bits per heavy atom. The van der Waals surface area contributed by atoms with Crippen LogP contribution in [0.4, 0.5) is 0 Å². The second kappa shape index (κ2) is 5.71. The quantitative estimate of drug-likeness (QED) is 0.796. The number of hydrogen-bond donors (Lipinski definition) is 0. The zero-order valence-corrected chi connectivity index (χ0v) is 13.9. The minimum absolute atomic E-state index is 0.158. The van der Waals surface area contributed by atoms with Gasteiger partial charge in [0, 0.05) is 24.2 Å². The molecule has 3 heteroatoms. The molecule has 3 nitrogen and oxygen atoms in total. The van der Waals surface area contributed by atoms with Crippen LogP contribution in [0, 0.1) is 26.7 Å². The smallest absolute Gasteiger partial charge is 0.254 e. The fourth-order valence-corrected chi connectivity index (χ4v) is 3.38. The molecule has 0 saturated carbocycles. The van der Waals surface area contributed by atoms with Crippen LogP contribution in [0.5, 0.6) is 0 Å². The summed E-state index contributed by atoms with van der Waals surface area (Å²) in [5.41, 5.74) is 5.07. The number of nitrogens with zero attached hydrogens (tertiary/aromatic N) is 2. The van der Waals surface area contributed by atoms with Crippen LogP contribution >= 0.6 is 0 Å². The van der Waals surface area contributed by atoms with E-state index in [-0.39, 0.29) is 5.91 Å². The highest BCUT2D eigenvalue weighted by atomic mass is 16.2. The van der Waals surface area contributed by atoms with Crippen LogP contribution in [0.25, 0.3) is 10.9 Å². The molecule has 2 aromatic rings. The van der Waals surface area contributed by atoms with Crippen LogP contribution in [0.3, 0.4) is 0 Å². The minimum Gasteiger partial charge on any atom is -0.338 e. The molecule has 2 heterocycles. The minimum atomic E-state index is 0.158. The van der Waals surface area contributed by atoms with Crippen LogP contribution in [0.1, 0.15) is 46.9 Å². The summed E-state index contributed by atoms with van der Waals surface area (Å²) in [6.07, 6.45) is 2.32. The predicted molar refractivity (Wildman–Crippen MR) is 90.3 cm³/mol. The summed E-state index contributed by atoms with van der Waals surface area (Å²) >= 11 is 0. The van der Waals surface area contributed by atoms with Gasteiger partial charge in [-0.2, -0.15) is 0 Å². The molecule has 1 aromatic heterocycles. The molecule has 0 radical (unpaired) electrons. The molecule has 0 spiro atoms. The van der Waals surface area contributed by atoms with Crippen molar-refractivity contribution in [3.8, 4) is 0 Å². The van der Waals surface area contributed by atoms with Gasteiger partial charge < -0.3 is 4.90 Å². The second-order valence-electron chi connectivity index (χ2n) is 6.71. The van der Waals surface area contributed by atoms with Crippen LogP contribution < -0.4 is 0 Å². The Labute approximate surface area is 132 Å². The van der Waals surface area contributed by atoms with Crippen molar-refractivity contribution in [2.24, 2.45) is 5.92 Å². The van der Waals surface area contributed by atoms with Gasteiger partial charge in [0.25, 0.3) is 5.91 Å². The van der Waals surface area contributed by atoms with Gasteiger partial charge in [-0.1, -0.05) is 19.1 Å². The highest BCUT2D eigenvalue weighted by Gasteiger charge is 2.24. The number of rotatable bonds is 1. The van der Waals surface area contributed by atoms with E-state index >= 15 is 0 Å². The van der Waals surface area contributed by atoms with Crippen molar-refractivity contribution in [3.63, 3.8) is 0 Å². The summed E-state index contributed by atoms with van der Waals surface area (Å²) in [7, 11) is 0. The van der Waals surface area contributed by atoms with Crippen molar-refractivity contribution in [3.05, 3.63) is 40.6 Å². The third-order valence-electron chi connectivity index (χ3n) is 4.81. The van der Waals surface area contributed by atoms with Crippen molar-refractivity contribution in [1.82, 2.24) is 9.88 Å². The number of carbonyl (C=O) groups excluding carboxylic acids is 1. The molecule has 1 aromatic carbocycles. The lowest BCUT2D eigenvalue weighted by molar-refractivity contribution is 0.0685. The summed E-state index contributed by atoms with van der Waals surface area (Å²) in [5, 5.41) is 0.983. The number of piperidine rings is 1. The Morgan fingerprint density at radius 2 is 2.05 bits per heavy atom. The lowest BCUT2D eigenvalue weighted by Gasteiger charge is -2.31. The highest BCUT2D eigenvalue weighted by Crippen LogP contribution is 2.26. The Morgan fingerprint density at radius 1 is 1.27 bits per heavy atom. The van der Waals surface area contributed by atoms with Gasteiger partial charge in [0.15, 0.2) is 0 Å². The Hall–Kier alpha value is -1.90. The monoisotopic (exact) mass is 296 g/mol. The van der Waals surface area contributed by atoms with Gasteiger partial charge in [-0.3, -0.25) is 9.78 Å². The third kappa shape index (κ3) is 2.60. The van der Waals surface area contributed by atoms with Crippen molar-refractivity contribution in [2.75, 3.05) is 13.1 Å². The van der Waals surface area contributed by atoms with E-state index in [0.29, 0.717) is 5.92 Å². The fourth-order valence-electron chi connectivity index (χ4n) is 3.38. The fraction of sp³-hybridized carbons (Fsp3) is 0.474. The first-order chi connectivity index (χ1) is 10.5. The number of amides is 1. The van der Waals surface area contributed by atoms with Crippen LogP contribution in [-0.2, 0) is 0 Å². The first kappa shape index (κ1) is 15.0. The Balaban J connectivity index is 2.10. The number of benzene rings is 1. The molecule has 1 fully saturated rings. The molecule has 116 valence electrons. The van der Waals surface area contributed by atoms with Gasteiger partial charge in [-0.05, 0) is 56.7 Å². The zero-order chi connectivity index (χ0) is 15.9. The lowest BCUT2D eigenvalue weighted by atomic mass is 9.97. The number of aryl methyl sites for hydroxylation is 3. The maximum atomic E-state index is 13.0. The molecule has 1 aliphatic rings. The number of hydrogen-bond acceptors (Lipinski definition) is 2. The summed E-state index contributed by atoms with van der Waals surface area (Å²) in [5.74, 6) is 0.751.